The molecule has 0 N–H and O–H groups in total. The first-order chi connectivity index (χ1) is 6.15. The van der Waals surface area contributed by atoms with Crippen LogP contribution in [0.25, 0.3) is 0 Å². The number of hydrogen-bond acceptors (Lipinski definition) is 0. The van der Waals surface area contributed by atoms with Gasteiger partial charge in [0, 0.05) is 0 Å². The Kier molecular flexibility index (Phi) is 3.73. The van der Waals surface area contributed by atoms with E-state index in [1.807, 2.05) is 0 Å². The van der Waals surface area contributed by atoms with Crippen molar-refractivity contribution in [3.8, 4) is 0 Å². The maximum absolute atomic E-state index is 12.8. The molecule has 0 aromatic heterocycles. The lowest BCUT2D eigenvalue weighted by molar-refractivity contribution is 0.625. The van der Waals surface area contributed by atoms with Gasteiger partial charge in [0.05, 0.1) is 5.02 Å². The van der Waals surface area contributed by atoms with Gasteiger partial charge in [0.1, 0.15) is 5.82 Å². The zero-order valence-electron chi connectivity index (χ0n) is 7.69. The summed E-state index contributed by atoms with van der Waals surface area (Å²) in [5.41, 5.74) is 1.01. The molecule has 1 rings (SSSR count). The molecule has 0 saturated heterocycles. The third-order valence-corrected chi connectivity index (χ3v) is 2.34. The summed E-state index contributed by atoms with van der Waals surface area (Å²) >= 11 is 5.66. The van der Waals surface area contributed by atoms with Crippen LogP contribution in [0, 0.1) is 12.7 Å². The van der Waals surface area contributed by atoms with Gasteiger partial charge in [-0.15, -0.1) is 0 Å². The summed E-state index contributed by atoms with van der Waals surface area (Å²) in [6.07, 6.45) is 2.07. The van der Waals surface area contributed by atoms with Crippen LogP contribution in [0.2, 0.25) is 5.02 Å². The molecular formula is C11H13ClF. The van der Waals surface area contributed by atoms with E-state index >= 15 is 0 Å². The average molecular weight is 200 g/mol. The first-order valence-electron chi connectivity index (χ1n) is 4.43. The van der Waals surface area contributed by atoms with E-state index in [1.54, 1.807) is 12.1 Å². The summed E-state index contributed by atoms with van der Waals surface area (Å²) in [5, 5.41) is 0.183. The van der Waals surface area contributed by atoms with Gasteiger partial charge in [-0.1, -0.05) is 31.0 Å². The van der Waals surface area contributed by atoms with Gasteiger partial charge in [0.2, 0.25) is 0 Å². The maximum Gasteiger partial charge on any atom is 0.141 e. The molecule has 1 radical (unpaired) electrons. The van der Waals surface area contributed by atoms with Crippen LogP contribution in [0.4, 0.5) is 4.39 Å². The second-order valence-corrected chi connectivity index (χ2v) is 3.57. The van der Waals surface area contributed by atoms with Gasteiger partial charge in [-0.25, -0.2) is 4.39 Å². The van der Waals surface area contributed by atoms with Crippen molar-refractivity contribution in [2.45, 2.75) is 25.7 Å². The van der Waals surface area contributed by atoms with Gasteiger partial charge >= 0.3 is 0 Å². The van der Waals surface area contributed by atoms with E-state index in [2.05, 4.69) is 13.8 Å². The number of benzene rings is 1. The average Bonchev–Trinajstić information content (AvgIpc) is 2.10. The Morgan fingerprint density at radius 2 is 2.23 bits per heavy atom. The number of rotatable bonds is 3. The van der Waals surface area contributed by atoms with E-state index in [9.17, 15) is 4.39 Å². The van der Waals surface area contributed by atoms with Crippen molar-refractivity contribution in [2.24, 2.45) is 0 Å². The first-order valence-corrected chi connectivity index (χ1v) is 4.81. The minimum absolute atomic E-state index is 0.183. The predicted octanol–water partition coefficient (Wildman–Crippen LogP) is 4.20. The molecule has 0 aliphatic heterocycles. The van der Waals surface area contributed by atoms with Crippen molar-refractivity contribution >= 4 is 11.6 Å². The Labute approximate surface area is 83.7 Å². The zero-order chi connectivity index (χ0) is 9.84. The topological polar surface area (TPSA) is 0 Å². The van der Waals surface area contributed by atoms with Crippen molar-refractivity contribution in [3.63, 3.8) is 0 Å². The minimum atomic E-state index is -0.367. The van der Waals surface area contributed by atoms with Gasteiger partial charge in [-0.05, 0) is 37.0 Å². The fourth-order valence-corrected chi connectivity index (χ4v) is 1.47. The van der Waals surface area contributed by atoms with E-state index in [0.29, 0.717) is 0 Å². The molecule has 0 aliphatic rings. The summed E-state index contributed by atoms with van der Waals surface area (Å²) in [5.74, 6) is -0.155. The predicted molar refractivity (Wildman–Crippen MR) is 54.4 cm³/mol. The molecular weight excluding hydrogens is 187 g/mol. The summed E-state index contributed by atoms with van der Waals surface area (Å²) in [6.45, 7) is 6.09. The molecule has 0 saturated carbocycles. The number of hydrogen-bond donors (Lipinski definition) is 0. The third-order valence-electron chi connectivity index (χ3n) is 2.05. The van der Waals surface area contributed by atoms with E-state index in [1.165, 1.54) is 6.07 Å². The second-order valence-electron chi connectivity index (χ2n) is 3.16. The molecule has 0 nitrogen and oxygen atoms in total. The monoisotopic (exact) mass is 199 g/mol. The van der Waals surface area contributed by atoms with E-state index in [-0.39, 0.29) is 16.8 Å². The van der Waals surface area contributed by atoms with Crippen LogP contribution in [-0.4, -0.2) is 0 Å². The third kappa shape index (κ3) is 2.70. The van der Waals surface area contributed by atoms with Crippen LogP contribution in [0.15, 0.2) is 18.2 Å². The Morgan fingerprint density at radius 1 is 1.54 bits per heavy atom. The molecule has 0 fully saturated rings. The van der Waals surface area contributed by atoms with Crippen molar-refractivity contribution in [3.05, 3.63) is 41.5 Å². The Morgan fingerprint density at radius 3 is 2.77 bits per heavy atom. The fraction of sp³-hybridized carbons (Fsp3) is 0.364. The van der Waals surface area contributed by atoms with Crippen molar-refractivity contribution in [1.82, 2.24) is 0 Å². The summed E-state index contributed by atoms with van der Waals surface area (Å²) in [7, 11) is 0. The lowest BCUT2D eigenvalue weighted by atomic mass is 9.97. The molecule has 0 bridgehead atoms. The zero-order valence-corrected chi connectivity index (χ0v) is 8.44. The molecule has 1 aromatic rings. The quantitative estimate of drug-likeness (QED) is 0.685. The summed E-state index contributed by atoms with van der Waals surface area (Å²) in [6, 6.07) is 4.80. The highest BCUT2D eigenvalue weighted by Gasteiger charge is 2.06. The van der Waals surface area contributed by atoms with Crippen LogP contribution in [0.1, 0.15) is 31.2 Å². The molecule has 1 unspecified atom stereocenters. The SMILES string of the molecule is [CH2]C(CCC)c1ccc(F)c(Cl)c1. The van der Waals surface area contributed by atoms with Gasteiger partial charge < -0.3 is 0 Å². The van der Waals surface area contributed by atoms with E-state index in [4.69, 9.17) is 11.6 Å². The maximum atomic E-state index is 12.8. The van der Waals surface area contributed by atoms with E-state index < -0.39 is 0 Å². The van der Waals surface area contributed by atoms with Crippen molar-refractivity contribution < 1.29 is 4.39 Å². The van der Waals surface area contributed by atoms with Gasteiger partial charge in [-0.2, -0.15) is 0 Å². The summed E-state index contributed by atoms with van der Waals surface area (Å²) < 4.78 is 12.8. The molecule has 0 heterocycles. The molecule has 1 atom stereocenters. The Bertz CT molecular complexity index is 283. The lowest BCUT2D eigenvalue weighted by Gasteiger charge is -2.10. The molecule has 0 spiro atoms. The number of halogens is 2. The molecule has 1 aromatic carbocycles. The highest BCUT2D eigenvalue weighted by molar-refractivity contribution is 6.30. The standard InChI is InChI=1S/C11H13ClF/c1-3-4-8(2)9-5-6-11(13)10(12)7-9/h5-8H,2-4H2,1H3. The van der Waals surface area contributed by atoms with Crippen LogP contribution in [0.3, 0.4) is 0 Å². The highest BCUT2D eigenvalue weighted by atomic mass is 35.5. The second kappa shape index (κ2) is 4.61. The molecule has 2 heteroatoms. The van der Waals surface area contributed by atoms with Gasteiger partial charge in [0.25, 0.3) is 0 Å². The summed E-state index contributed by atoms with van der Waals surface area (Å²) in [4.78, 5) is 0. The molecule has 0 amide bonds. The van der Waals surface area contributed by atoms with Crippen LogP contribution in [0.5, 0.6) is 0 Å². The Balaban J connectivity index is 2.84. The first kappa shape index (κ1) is 10.5. The fourth-order valence-electron chi connectivity index (χ4n) is 1.28. The van der Waals surface area contributed by atoms with Crippen molar-refractivity contribution in [1.29, 1.82) is 0 Å². The highest BCUT2D eigenvalue weighted by Crippen LogP contribution is 2.24. The molecule has 13 heavy (non-hydrogen) atoms. The minimum Gasteiger partial charge on any atom is -0.205 e. The van der Waals surface area contributed by atoms with Crippen LogP contribution < -0.4 is 0 Å². The molecule has 0 aliphatic carbocycles. The van der Waals surface area contributed by atoms with Gasteiger partial charge in [-0.3, -0.25) is 0 Å². The smallest absolute Gasteiger partial charge is 0.141 e. The Hall–Kier alpha value is -0.560. The van der Waals surface area contributed by atoms with Gasteiger partial charge in [0.15, 0.2) is 0 Å². The normalized spacial score (nSPS) is 12.9. The van der Waals surface area contributed by atoms with E-state index in [0.717, 1.165) is 18.4 Å². The van der Waals surface area contributed by atoms with Crippen molar-refractivity contribution in [2.75, 3.05) is 0 Å². The lowest BCUT2D eigenvalue weighted by Crippen LogP contribution is -1.93. The molecule has 71 valence electrons. The van der Waals surface area contributed by atoms with Crippen LogP contribution >= 0.6 is 11.6 Å². The van der Waals surface area contributed by atoms with Crippen LogP contribution in [-0.2, 0) is 0 Å². The largest absolute Gasteiger partial charge is 0.205 e.